The number of thioether (sulfide) groups is 1. The number of rotatable bonds is 4. The minimum absolute atomic E-state index is 0.209. The lowest BCUT2D eigenvalue weighted by Crippen LogP contribution is -2.19. The highest BCUT2D eigenvalue weighted by atomic mass is 79.9. The van der Waals surface area contributed by atoms with Crippen molar-refractivity contribution >= 4 is 68.1 Å². The molecule has 3 aromatic rings. The smallest absolute Gasteiger partial charge is 0.343 e. The summed E-state index contributed by atoms with van der Waals surface area (Å²) in [6.45, 7) is 0. The quantitative estimate of drug-likeness (QED) is 0.256. The topological polar surface area (TPSA) is 67.8 Å². The number of hydrogen-bond donors (Lipinski definition) is 1. The lowest BCUT2D eigenvalue weighted by molar-refractivity contribution is -0.115. The van der Waals surface area contributed by atoms with Gasteiger partial charge in [0.05, 0.1) is 16.2 Å². The van der Waals surface area contributed by atoms with E-state index in [-0.39, 0.29) is 5.91 Å². The average molecular weight is 514 g/mol. The van der Waals surface area contributed by atoms with Gasteiger partial charge in [0.25, 0.3) is 5.91 Å². The first kappa shape index (κ1) is 21.4. The van der Waals surface area contributed by atoms with E-state index >= 15 is 0 Å². The molecule has 154 valence electrons. The second-order valence-electron chi connectivity index (χ2n) is 6.42. The zero-order valence-electron chi connectivity index (χ0n) is 15.8. The fraction of sp³-hybridized carbons (Fsp3) is 0. The van der Waals surface area contributed by atoms with Gasteiger partial charge in [0.1, 0.15) is 5.75 Å². The lowest BCUT2D eigenvalue weighted by Gasteiger charge is -2.05. The Morgan fingerprint density at radius 3 is 2.35 bits per heavy atom. The van der Waals surface area contributed by atoms with Crippen LogP contribution in [0.25, 0.3) is 6.08 Å². The molecule has 3 aromatic carbocycles. The Morgan fingerprint density at radius 1 is 1.00 bits per heavy atom. The Morgan fingerprint density at radius 2 is 1.68 bits per heavy atom. The first-order valence-electron chi connectivity index (χ1n) is 9.09. The molecule has 31 heavy (non-hydrogen) atoms. The third-order valence-electron chi connectivity index (χ3n) is 4.18. The maximum Gasteiger partial charge on any atom is 0.343 e. The van der Waals surface area contributed by atoms with Gasteiger partial charge in [-0.25, -0.2) is 9.79 Å². The van der Waals surface area contributed by atoms with Gasteiger partial charge >= 0.3 is 5.97 Å². The van der Waals surface area contributed by atoms with E-state index < -0.39 is 5.97 Å². The molecule has 0 aliphatic carbocycles. The Bertz CT molecular complexity index is 1190. The highest BCUT2D eigenvalue weighted by Gasteiger charge is 2.23. The first-order valence-corrected chi connectivity index (χ1v) is 11.1. The van der Waals surface area contributed by atoms with Crippen molar-refractivity contribution in [3.63, 3.8) is 0 Å². The normalized spacial score (nSPS) is 15.9. The van der Waals surface area contributed by atoms with Crippen molar-refractivity contribution in [2.45, 2.75) is 0 Å². The molecule has 0 atom stereocenters. The largest absolute Gasteiger partial charge is 0.423 e. The summed E-state index contributed by atoms with van der Waals surface area (Å²) in [5.41, 5.74) is 1.96. The molecule has 5 nitrogen and oxygen atoms in total. The van der Waals surface area contributed by atoms with Gasteiger partial charge in [0, 0.05) is 9.50 Å². The number of carbonyl (C=O) groups is 2. The van der Waals surface area contributed by atoms with Crippen molar-refractivity contribution in [1.29, 1.82) is 0 Å². The van der Waals surface area contributed by atoms with Crippen LogP contribution in [0, 0.1) is 0 Å². The molecule has 0 radical (unpaired) electrons. The Kier molecular flexibility index (Phi) is 6.56. The molecule has 1 aliphatic rings. The van der Waals surface area contributed by atoms with Crippen molar-refractivity contribution in [2.24, 2.45) is 4.99 Å². The predicted molar refractivity (Wildman–Crippen MR) is 128 cm³/mol. The molecule has 0 aromatic heterocycles. The molecule has 4 rings (SSSR count). The molecule has 1 heterocycles. The standard InChI is InChI=1S/C23H14BrClN2O3S/c24-16-5-9-18(10-6-16)26-23-27-21(28)20(31-23)13-14-1-11-19(12-2-14)30-22(29)15-3-7-17(25)8-4-15/h1-13H,(H,26,27,28)/b20-13-. The van der Waals surface area contributed by atoms with Crippen molar-refractivity contribution in [3.8, 4) is 5.75 Å². The van der Waals surface area contributed by atoms with Crippen LogP contribution in [0.5, 0.6) is 5.75 Å². The fourth-order valence-electron chi connectivity index (χ4n) is 2.65. The van der Waals surface area contributed by atoms with Gasteiger partial charge in [-0.05, 0) is 84.1 Å². The summed E-state index contributed by atoms with van der Waals surface area (Å²) in [6.07, 6.45) is 1.76. The van der Waals surface area contributed by atoms with E-state index in [1.807, 2.05) is 24.3 Å². The van der Waals surface area contributed by atoms with Crippen LogP contribution in [0.2, 0.25) is 5.02 Å². The number of nitrogens with zero attached hydrogens (tertiary/aromatic N) is 1. The maximum atomic E-state index is 12.3. The van der Waals surface area contributed by atoms with E-state index in [1.165, 1.54) is 11.8 Å². The number of esters is 1. The van der Waals surface area contributed by atoms with Gasteiger partial charge < -0.3 is 10.1 Å². The van der Waals surface area contributed by atoms with Crippen LogP contribution in [-0.2, 0) is 4.79 Å². The Balaban J connectivity index is 1.43. The molecule has 1 fully saturated rings. The van der Waals surface area contributed by atoms with Crippen LogP contribution in [-0.4, -0.2) is 17.0 Å². The number of amides is 1. The van der Waals surface area contributed by atoms with Gasteiger partial charge in [0.2, 0.25) is 0 Å². The molecular weight excluding hydrogens is 500 g/mol. The number of aliphatic imine (C=N–C) groups is 1. The molecule has 0 saturated carbocycles. The number of amidine groups is 1. The molecule has 1 amide bonds. The van der Waals surface area contributed by atoms with Crippen LogP contribution >= 0.6 is 39.3 Å². The highest BCUT2D eigenvalue weighted by molar-refractivity contribution is 9.10. The predicted octanol–water partition coefficient (Wildman–Crippen LogP) is 6.21. The van der Waals surface area contributed by atoms with Crippen molar-refractivity contribution in [1.82, 2.24) is 5.32 Å². The summed E-state index contributed by atoms with van der Waals surface area (Å²) in [5.74, 6) is -0.274. The fourth-order valence-corrected chi connectivity index (χ4v) is 3.88. The zero-order valence-corrected chi connectivity index (χ0v) is 19.0. The third kappa shape index (κ3) is 5.64. The summed E-state index contributed by atoms with van der Waals surface area (Å²) >= 11 is 10.5. The molecule has 0 spiro atoms. The van der Waals surface area contributed by atoms with Crippen LogP contribution in [0.15, 0.2) is 87.2 Å². The number of ether oxygens (including phenoxy) is 1. The summed E-state index contributed by atoms with van der Waals surface area (Å²) in [4.78, 5) is 29.4. The highest BCUT2D eigenvalue weighted by Crippen LogP contribution is 2.29. The number of hydrogen-bond acceptors (Lipinski definition) is 5. The number of benzene rings is 3. The van der Waals surface area contributed by atoms with Crippen LogP contribution in [0.4, 0.5) is 5.69 Å². The van der Waals surface area contributed by atoms with Gasteiger partial charge in [0.15, 0.2) is 5.17 Å². The van der Waals surface area contributed by atoms with Crippen LogP contribution in [0.3, 0.4) is 0 Å². The van der Waals surface area contributed by atoms with E-state index in [0.29, 0.717) is 26.4 Å². The summed E-state index contributed by atoms with van der Waals surface area (Å²) in [6, 6.07) is 20.9. The van der Waals surface area contributed by atoms with Gasteiger partial charge in [-0.3, -0.25) is 4.79 Å². The Hall–Kier alpha value is -2.87. The molecule has 8 heteroatoms. The van der Waals surface area contributed by atoms with E-state index in [0.717, 1.165) is 15.7 Å². The van der Waals surface area contributed by atoms with Crippen LogP contribution in [0.1, 0.15) is 15.9 Å². The molecular formula is C23H14BrClN2O3S. The van der Waals surface area contributed by atoms with Crippen LogP contribution < -0.4 is 10.1 Å². The Labute approximate surface area is 196 Å². The summed E-state index contributed by atoms with van der Waals surface area (Å²) < 4.78 is 6.33. The van der Waals surface area contributed by atoms with E-state index in [2.05, 4.69) is 26.2 Å². The molecule has 1 N–H and O–H groups in total. The zero-order chi connectivity index (χ0) is 21.8. The summed E-state index contributed by atoms with van der Waals surface area (Å²) in [5, 5.41) is 3.83. The van der Waals surface area contributed by atoms with Gasteiger partial charge in [-0.1, -0.05) is 39.7 Å². The molecule has 1 aliphatic heterocycles. The van der Waals surface area contributed by atoms with E-state index in [1.54, 1.807) is 54.6 Å². The van der Waals surface area contributed by atoms with Gasteiger partial charge in [-0.15, -0.1) is 0 Å². The lowest BCUT2D eigenvalue weighted by atomic mass is 10.2. The third-order valence-corrected chi connectivity index (χ3v) is 5.87. The second kappa shape index (κ2) is 9.51. The number of halogens is 2. The SMILES string of the molecule is O=C1NC(=Nc2ccc(Br)cc2)S/C1=C\c1ccc(OC(=O)c2ccc(Cl)cc2)cc1. The van der Waals surface area contributed by atoms with E-state index in [9.17, 15) is 9.59 Å². The van der Waals surface area contributed by atoms with Crippen molar-refractivity contribution in [3.05, 3.63) is 98.3 Å². The monoisotopic (exact) mass is 512 g/mol. The van der Waals surface area contributed by atoms with Crippen molar-refractivity contribution in [2.75, 3.05) is 0 Å². The van der Waals surface area contributed by atoms with E-state index in [4.69, 9.17) is 16.3 Å². The minimum atomic E-state index is -0.470. The average Bonchev–Trinajstić information content (AvgIpc) is 3.10. The molecule has 0 bridgehead atoms. The van der Waals surface area contributed by atoms with Gasteiger partial charge in [-0.2, -0.15) is 0 Å². The molecule has 0 unspecified atom stereocenters. The molecule has 1 saturated heterocycles. The second-order valence-corrected chi connectivity index (χ2v) is 8.81. The summed E-state index contributed by atoms with van der Waals surface area (Å²) in [7, 11) is 0. The number of carbonyl (C=O) groups excluding carboxylic acids is 2. The number of nitrogens with one attached hydrogen (secondary N) is 1. The minimum Gasteiger partial charge on any atom is -0.423 e. The maximum absolute atomic E-state index is 12.3. The first-order chi connectivity index (χ1) is 15.0. The van der Waals surface area contributed by atoms with Crippen molar-refractivity contribution < 1.29 is 14.3 Å².